The molecular weight excluding hydrogens is 745 g/mol. The highest BCUT2D eigenvalue weighted by molar-refractivity contribution is 7.26. The van der Waals surface area contributed by atoms with Gasteiger partial charge in [0.25, 0.3) is 0 Å². The van der Waals surface area contributed by atoms with Gasteiger partial charge >= 0.3 is 0 Å². The molecule has 0 aliphatic carbocycles. The smallest absolute Gasteiger partial charge is 0.101 e. The van der Waals surface area contributed by atoms with E-state index in [1.165, 1.54) is 61.9 Å². The van der Waals surface area contributed by atoms with Gasteiger partial charge in [0.15, 0.2) is 0 Å². The van der Waals surface area contributed by atoms with E-state index < -0.39 is 0 Å². The van der Waals surface area contributed by atoms with Crippen LogP contribution in [-0.2, 0) is 0 Å². The summed E-state index contributed by atoms with van der Waals surface area (Å²) in [4.78, 5) is 0. The summed E-state index contributed by atoms with van der Waals surface area (Å²) in [5.74, 6) is 0. The number of rotatable bonds is 2. The fraction of sp³-hybridized carbons (Fsp3) is 0. The van der Waals surface area contributed by atoms with Crippen LogP contribution in [0.3, 0.4) is 0 Å². The molecular formula is C52H26N4S2. The van der Waals surface area contributed by atoms with Crippen molar-refractivity contribution in [3.8, 4) is 23.5 Å². The zero-order valence-electron chi connectivity index (χ0n) is 30.6. The highest BCUT2D eigenvalue weighted by Crippen LogP contribution is 2.48. The Balaban J connectivity index is 1.19. The number of para-hydroxylation sites is 2. The van der Waals surface area contributed by atoms with Gasteiger partial charge in [0, 0.05) is 61.9 Å². The molecule has 9 aromatic carbocycles. The maximum absolute atomic E-state index is 11.2. The Morgan fingerprint density at radius 1 is 0.362 bits per heavy atom. The Kier molecular flexibility index (Phi) is 6.30. The number of fused-ring (bicyclic) bond motifs is 18. The van der Waals surface area contributed by atoms with Crippen LogP contribution >= 0.6 is 22.7 Å². The van der Waals surface area contributed by atoms with Crippen LogP contribution < -0.4 is 0 Å². The van der Waals surface area contributed by atoms with Gasteiger partial charge in [-0.05, 0) is 70.1 Å². The van der Waals surface area contributed by atoms with Gasteiger partial charge in [-0.15, -0.1) is 22.7 Å². The molecule has 58 heavy (non-hydrogen) atoms. The lowest BCUT2D eigenvalue weighted by Crippen LogP contribution is -2.04. The molecule has 0 N–H and O–H groups in total. The summed E-state index contributed by atoms with van der Waals surface area (Å²) in [6.07, 6.45) is 0. The second-order valence-electron chi connectivity index (χ2n) is 15.0. The van der Waals surface area contributed by atoms with Crippen molar-refractivity contribution in [1.29, 1.82) is 10.5 Å². The molecule has 266 valence electrons. The van der Waals surface area contributed by atoms with Crippen molar-refractivity contribution in [2.45, 2.75) is 0 Å². The highest BCUT2D eigenvalue weighted by Gasteiger charge is 2.25. The van der Waals surface area contributed by atoms with E-state index in [1.54, 1.807) is 22.7 Å². The van der Waals surface area contributed by atoms with Crippen LogP contribution in [0.5, 0.6) is 0 Å². The normalized spacial score (nSPS) is 12.1. The minimum atomic E-state index is 0.497. The average Bonchev–Trinajstić information content (AvgIpc) is 4.03. The van der Waals surface area contributed by atoms with Crippen molar-refractivity contribution in [2.75, 3.05) is 0 Å². The molecule has 0 bridgehead atoms. The molecule has 4 aromatic heterocycles. The number of thiophene rings is 2. The first-order valence-corrected chi connectivity index (χ1v) is 20.8. The van der Waals surface area contributed by atoms with Crippen molar-refractivity contribution in [3.63, 3.8) is 0 Å². The molecule has 4 heterocycles. The monoisotopic (exact) mass is 770 g/mol. The van der Waals surface area contributed by atoms with Crippen LogP contribution in [0.25, 0.3) is 117 Å². The first-order chi connectivity index (χ1) is 28.7. The summed E-state index contributed by atoms with van der Waals surface area (Å²) in [6, 6.07) is 60.9. The molecule has 0 atom stereocenters. The first-order valence-electron chi connectivity index (χ1n) is 19.2. The Hall–Kier alpha value is -7.48. The van der Waals surface area contributed by atoms with Crippen molar-refractivity contribution in [2.24, 2.45) is 0 Å². The van der Waals surface area contributed by atoms with Crippen LogP contribution in [0.4, 0.5) is 0 Å². The molecule has 0 fully saturated rings. The van der Waals surface area contributed by atoms with E-state index in [1.807, 2.05) is 12.1 Å². The van der Waals surface area contributed by atoms with E-state index in [4.69, 9.17) is 0 Å². The molecule has 0 saturated carbocycles. The van der Waals surface area contributed by atoms with Crippen molar-refractivity contribution < 1.29 is 0 Å². The molecule has 0 aliphatic heterocycles. The van der Waals surface area contributed by atoms with E-state index in [0.717, 1.165) is 43.6 Å². The van der Waals surface area contributed by atoms with E-state index in [0.29, 0.717) is 22.5 Å². The zero-order valence-corrected chi connectivity index (χ0v) is 32.2. The lowest BCUT2D eigenvalue weighted by Gasteiger charge is -2.16. The van der Waals surface area contributed by atoms with Gasteiger partial charge < -0.3 is 9.13 Å². The second-order valence-corrected chi connectivity index (χ2v) is 17.2. The fourth-order valence-electron chi connectivity index (χ4n) is 9.78. The molecule has 4 nitrogen and oxygen atoms in total. The summed E-state index contributed by atoms with van der Waals surface area (Å²) < 4.78 is 9.29. The Morgan fingerprint density at radius 3 is 1.19 bits per heavy atom. The van der Waals surface area contributed by atoms with Crippen molar-refractivity contribution in [1.82, 2.24) is 9.13 Å². The van der Waals surface area contributed by atoms with Gasteiger partial charge in [-0.3, -0.25) is 0 Å². The van der Waals surface area contributed by atoms with E-state index in [2.05, 4.69) is 167 Å². The molecule has 0 spiro atoms. The van der Waals surface area contributed by atoms with Crippen molar-refractivity contribution in [3.05, 3.63) is 169 Å². The fourth-order valence-corrected chi connectivity index (χ4v) is 12.0. The van der Waals surface area contributed by atoms with E-state index in [9.17, 15) is 10.5 Å². The van der Waals surface area contributed by atoms with Crippen LogP contribution in [0, 0.1) is 22.7 Å². The maximum atomic E-state index is 11.2. The predicted octanol–water partition coefficient (Wildman–Crippen LogP) is 14.7. The van der Waals surface area contributed by atoms with Gasteiger partial charge in [0.1, 0.15) is 12.1 Å². The van der Waals surface area contributed by atoms with Crippen LogP contribution in [0.15, 0.2) is 158 Å². The van der Waals surface area contributed by atoms with Crippen LogP contribution in [-0.4, -0.2) is 9.13 Å². The van der Waals surface area contributed by atoms with Gasteiger partial charge in [0.2, 0.25) is 0 Å². The maximum Gasteiger partial charge on any atom is 0.101 e. The molecule has 0 amide bonds. The molecule has 0 saturated heterocycles. The molecule has 6 heteroatoms. The zero-order chi connectivity index (χ0) is 38.2. The lowest BCUT2D eigenvalue weighted by atomic mass is 10.0. The third-order valence-electron chi connectivity index (χ3n) is 12.2. The number of hydrogen-bond acceptors (Lipinski definition) is 4. The molecule has 13 rings (SSSR count). The summed E-state index contributed by atoms with van der Waals surface area (Å²) >= 11 is 3.59. The van der Waals surface area contributed by atoms with Gasteiger partial charge in [0.05, 0.1) is 44.6 Å². The number of hydrogen-bond donors (Lipinski definition) is 0. The Bertz CT molecular complexity index is 3800. The highest BCUT2D eigenvalue weighted by atomic mass is 32.1. The second kappa shape index (κ2) is 11.5. The van der Waals surface area contributed by atoms with Gasteiger partial charge in [-0.2, -0.15) is 10.5 Å². The summed E-state index contributed by atoms with van der Waals surface area (Å²) in [6.45, 7) is 0. The minimum Gasteiger partial charge on any atom is -0.307 e. The SMILES string of the molecule is N#Cc1cc(-n2c3ccccc3c3ccc4sc5ccc6ccccc6c5c4c32)c(C#N)cc1-n1c2ccccc2c2ccc3sc4ccc5ccccc5c4c3c21. The largest absolute Gasteiger partial charge is 0.307 e. The summed E-state index contributed by atoms with van der Waals surface area (Å²) in [5, 5.41) is 36.4. The topological polar surface area (TPSA) is 57.4 Å². The van der Waals surface area contributed by atoms with Gasteiger partial charge in [-0.1, -0.05) is 109 Å². The average molecular weight is 771 g/mol. The summed E-state index contributed by atoms with van der Waals surface area (Å²) in [7, 11) is 0. The number of nitriles is 2. The minimum absolute atomic E-state index is 0.497. The lowest BCUT2D eigenvalue weighted by molar-refractivity contribution is 1.13. The van der Waals surface area contributed by atoms with Crippen molar-refractivity contribution >= 4 is 128 Å². The Morgan fingerprint density at radius 2 is 0.741 bits per heavy atom. The Labute approximate surface area is 338 Å². The third-order valence-corrected chi connectivity index (χ3v) is 14.4. The molecule has 0 unspecified atom stereocenters. The molecule has 13 aromatic rings. The first kappa shape index (κ1) is 31.7. The molecule has 0 aliphatic rings. The standard InChI is InChI=1S/C52H26N4S2/c53-27-31-26-42(56-40-16-8-6-14-36(40)38-20-24-46-50(52(38)56)48-34-12-4-2-10-30(34)18-22-44(48)58-46)32(28-54)25-41(31)55-39-15-7-5-13-35(39)37-19-23-45-49(51(37)55)47-33-11-3-1-9-29(33)17-21-43(47)57-45/h1-26H. The van der Waals surface area contributed by atoms with Crippen LogP contribution in [0.2, 0.25) is 0 Å². The predicted molar refractivity (Wildman–Crippen MR) is 245 cm³/mol. The number of nitrogens with zero attached hydrogens (tertiary/aromatic N) is 4. The third kappa shape index (κ3) is 4.05. The van der Waals surface area contributed by atoms with E-state index >= 15 is 0 Å². The van der Waals surface area contributed by atoms with E-state index in [-0.39, 0.29) is 0 Å². The summed E-state index contributed by atoms with van der Waals surface area (Å²) in [5.41, 5.74) is 6.46. The van der Waals surface area contributed by atoms with Crippen LogP contribution in [0.1, 0.15) is 11.1 Å². The molecule has 0 radical (unpaired) electrons. The van der Waals surface area contributed by atoms with Gasteiger partial charge in [-0.25, -0.2) is 0 Å². The quantitative estimate of drug-likeness (QED) is 0.176. The number of benzene rings is 9. The number of aromatic nitrogens is 2.